The van der Waals surface area contributed by atoms with Gasteiger partial charge in [0.2, 0.25) is 0 Å². The number of rotatable bonds is 10. The average molecular weight is 793 g/mol. The van der Waals surface area contributed by atoms with Gasteiger partial charge in [0.25, 0.3) is 0 Å². The molecule has 0 aromatic heterocycles. The third-order valence-corrected chi connectivity index (χ3v) is 17.0. The van der Waals surface area contributed by atoms with E-state index in [0.29, 0.717) is 0 Å². The van der Waals surface area contributed by atoms with E-state index < -0.39 is 8.07 Å². The van der Waals surface area contributed by atoms with Gasteiger partial charge in [-0.15, -0.1) is 0 Å². The molecule has 0 nitrogen and oxygen atoms in total. The Hall–Kier alpha value is -7.58. The van der Waals surface area contributed by atoms with Crippen molar-refractivity contribution in [3.8, 4) is 66.8 Å². The van der Waals surface area contributed by atoms with Gasteiger partial charge >= 0.3 is 0 Å². The molecule has 61 heavy (non-hydrogen) atoms. The minimum Gasteiger partial charge on any atom is -0.0623 e. The molecule has 1 heteroatoms. The van der Waals surface area contributed by atoms with E-state index in [1.165, 1.54) is 87.5 Å². The Morgan fingerprint density at radius 1 is 0.164 bits per heavy atom. The predicted molar refractivity (Wildman–Crippen MR) is 263 cm³/mol. The zero-order chi connectivity index (χ0) is 40.9. The lowest BCUT2D eigenvalue weighted by Gasteiger charge is -2.38. The Bertz CT molecular complexity index is 2710. The first-order valence-corrected chi connectivity index (χ1v) is 23.1. The van der Waals surface area contributed by atoms with Crippen LogP contribution in [0.2, 0.25) is 0 Å². The van der Waals surface area contributed by atoms with Gasteiger partial charge in [0, 0.05) is 0 Å². The van der Waals surface area contributed by atoms with Gasteiger partial charge in [-0.05, 0) is 87.5 Å². The van der Waals surface area contributed by atoms with Crippen LogP contribution in [-0.2, 0) is 0 Å². The highest BCUT2D eigenvalue weighted by Crippen LogP contribution is 2.32. The number of hydrogen-bond acceptors (Lipinski definition) is 0. The molecule has 0 N–H and O–H groups in total. The standard InChI is InChI=1S/C60H44Si/c1-5-19-45(20-6-1)48-33-39-51(40-34-48)55-27-13-16-30-58(55)61(54-25-11-4-12-26-54,59-31-17-14-28-56(59)52-41-35-49(36-42-52)46-21-7-2-8-22-46)60-32-18-15-29-57(60)53-43-37-50(38-44-53)47-23-9-3-10-24-47/h1-44H. The summed E-state index contributed by atoms with van der Waals surface area (Å²) in [6.45, 7) is 0. The van der Waals surface area contributed by atoms with Crippen molar-refractivity contribution in [3.63, 3.8) is 0 Å². The zero-order valence-electron chi connectivity index (χ0n) is 33.9. The van der Waals surface area contributed by atoms with Gasteiger partial charge < -0.3 is 0 Å². The van der Waals surface area contributed by atoms with Crippen molar-refractivity contribution in [3.05, 3.63) is 267 Å². The molecule has 0 heterocycles. The van der Waals surface area contributed by atoms with Gasteiger partial charge in [0.05, 0.1) is 0 Å². The van der Waals surface area contributed by atoms with Gasteiger partial charge in [-0.1, -0.05) is 267 Å². The molecule has 0 bridgehead atoms. The van der Waals surface area contributed by atoms with Crippen LogP contribution in [0.4, 0.5) is 0 Å². The van der Waals surface area contributed by atoms with E-state index in [1.54, 1.807) is 0 Å². The van der Waals surface area contributed by atoms with Crippen LogP contribution in [0.15, 0.2) is 267 Å². The number of benzene rings is 10. The number of hydrogen-bond donors (Lipinski definition) is 0. The molecule has 0 aliphatic rings. The van der Waals surface area contributed by atoms with Crippen molar-refractivity contribution in [1.29, 1.82) is 0 Å². The Balaban J connectivity index is 1.25. The fraction of sp³-hybridized carbons (Fsp3) is 0. The smallest absolute Gasteiger partial charge is 0.0623 e. The Morgan fingerprint density at radius 2 is 0.377 bits per heavy atom. The van der Waals surface area contributed by atoms with Crippen LogP contribution >= 0.6 is 0 Å². The van der Waals surface area contributed by atoms with Gasteiger partial charge in [-0.25, -0.2) is 0 Å². The van der Waals surface area contributed by atoms with Gasteiger partial charge in [0.1, 0.15) is 0 Å². The van der Waals surface area contributed by atoms with Crippen molar-refractivity contribution in [2.45, 2.75) is 0 Å². The predicted octanol–water partition coefficient (Wildman–Crippen LogP) is 13.1. The molecule has 0 unspecified atom stereocenters. The van der Waals surface area contributed by atoms with Crippen molar-refractivity contribution >= 4 is 28.8 Å². The SMILES string of the molecule is c1ccc(-c2ccc(-c3ccccc3[Si](c3ccccc3)(c3ccccc3-c3ccc(-c4ccccc4)cc3)c3ccccc3-c3ccc(-c4ccccc4)cc3)cc2)cc1. The highest BCUT2D eigenvalue weighted by molar-refractivity contribution is 7.21. The molecule has 10 rings (SSSR count). The third kappa shape index (κ3) is 7.27. The lowest BCUT2D eigenvalue weighted by molar-refractivity contribution is 1.58. The van der Waals surface area contributed by atoms with Crippen molar-refractivity contribution in [2.75, 3.05) is 0 Å². The van der Waals surface area contributed by atoms with E-state index in [2.05, 4.69) is 267 Å². The van der Waals surface area contributed by atoms with E-state index >= 15 is 0 Å². The van der Waals surface area contributed by atoms with E-state index in [9.17, 15) is 0 Å². The van der Waals surface area contributed by atoms with Gasteiger partial charge in [-0.3, -0.25) is 0 Å². The van der Waals surface area contributed by atoms with Crippen LogP contribution in [0, 0.1) is 0 Å². The molecule has 0 amide bonds. The minimum absolute atomic E-state index is 1.21. The molecule has 0 radical (unpaired) electrons. The largest absolute Gasteiger partial charge is 0.181 e. The van der Waals surface area contributed by atoms with E-state index in [1.807, 2.05) is 0 Å². The van der Waals surface area contributed by atoms with Crippen LogP contribution in [0.1, 0.15) is 0 Å². The van der Waals surface area contributed by atoms with Crippen LogP contribution in [0.5, 0.6) is 0 Å². The summed E-state index contributed by atoms with van der Waals surface area (Å²) in [6, 6.07) is 98.5. The maximum absolute atomic E-state index is 3.21. The summed E-state index contributed by atoms with van der Waals surface area (Å²) in [7, 11) is -3.21. The fourth-order valence-corrected chi connectivity index (χ4v) is 14.6. The summed E-state index contributed by atoms with van der Waals surface area (Å²) in [4.78, 5) is 0. The molecule has 0 atom stereocenters. The quantitative estimate of drug-likeness (QED) is 0.0956. The molecule has 0 aliphatic carbocycles. The van der Waals surface area contributed by atoms with Crippen LogP contribution in [-0.4, -0.2) is 8.07 Å². The first-order chi connectivity index (χ1) is 30.3. The first kappa shape index (κ1) is 37.7. The summed E-state index contributed by atoms with van der Waals surface area (Å²) in [5.41, 5.74) is 14.7. The Labute approximate surface area is 360 Å². The molecule has 0 aliphatic heterocycles. The monoisotopic (exact) mass is 792 g/mol. The molecule has 288 valence electrons. The molecule has 0 saturated heterocycles. The Kier molecular flexibility index (Phi) is 10.5. The van der Waals surface area contributed by atoms with Gasteiger partial charge in [-0.2, -0.15) is 0 Å². The summed E-state index contributed by atoms with van der Waals surface area (Å²) >= 11 is 0. The topological polar surface area (TPSA) is 0 Å². The second-order valence-corrected chi connectivity index (χ2v) is 19.3. The van der Waals surface area contributed by atoms with Crippen LogP contribution in [0.25, 0.3) is 66.8 Å². The highest BCUT2D eigenvalue weighted by Gasteiger charge is 2.45. The van der Waals surface area contributed by atoms with Gasteiger partial charge in [0.15, 0.2) is 8.07 Å². The molecule has 0 spiro atoms. The molecular weight excluding hydrogens is 749 g/mol. The lowest BCUT2D eigenvalue weighted by Crippen LogP contribution is -2.75. The maximum Gasteiger partial charge on any atom is 0.181 e. The minimum atomic E-state index is -3.21. The summed E-state index contributed by atoms with van der Waals surface area (Å²) in [5.74, 6) is 0. The maximum atomic E-state index is 2.42. The zero-order valence-corrected chi connectivity index (χ0v) is 34.9. The van der Waals surface area contributed by atoms with Crippen molar-refractivity contribution < 1.29 is 0 Å². The van der Waals surface area contributed by atoms with E-state index in [-0.39, 0.29) is 0 Å². The van der Waals surface area contributed by atoms with Crippen LogP contribution in [0.3, 0.4) is 0 Å². The van der Waals surface area contributed by atoms with E-state index in [0.717, 1.165) is 0 Å². The Morgan fingerprint density at radius 3 is 0.672 bits per heavy atom. The van der Waals surface area contributed by atoms with E-state index in [4.69, 9.17) is 0 Å². The summed E-state index contributed by atoms with van der Waals surface area (Å²) in [5, 5.41) is 5.41. The van der Waals surface area contributed by atoms with Crippen molar-refractivity contribution in [2.24, 2.45) is 0 Å². The van der Waals surface area contributed by atoms with Crippen molar-refractivity contribution in [1.82, 2.24) is 0 Å². The second-order valence-electron chi connectivity index (χ2n) is 15.6. The average Bonchev–Trinajstić information content (AvgIpc) is 3.36. The lowest BCUT2D eigenvalue weighted by atomic mass is 10.00. The van der Waals surface area contributed by atoms with Crippen LogP contribution < -0.4 is 20.7 Å². The first-order valence-electron chi connectivity index (χ1n) is 21.1. The molecule has 0 saturated carbocycles. The molecule has 0 fully saturated rings. The molecule has 10 aromatic rings. The summed E-state index contributed by atoms with van der Waals surface area (Å²) in [6.07, 6.45) is 0. The highest BCUT2D eigenvalue weighted by atomic mass is 28.3. The third-order valence-electron chi connectivity index (χ3n) is 12.1. The fourth-order valence-electron chi connectivity index (χ4n) is 9.19. The second kappa shape index (κ2) is 17.0. The normalized spacial score (nSPS) is 11.3. The molecule has 10 aromatic carbocycles. The summed E-state index contributed by atoms with van der Waals surface area (Å²) < 4.78 is 0. The molecular formula is C60H44Si.